The van der Waals surface area contributed by atoms with E-state index in [1.807, 2.05) is 14.0 Å². The minimum absolute atomic E-state index is 0.606. The number of nitrogens with one attached hydrogen (secondary N) is 2. The Labute approximate surface area is 111 Å². The normalized spacial score (nSPS) is 17.1. The highest BCUT2D eigenvalue weighted by Gasteiger charge is 2.21. The fourth-order valence-electron chi connectivity index (χ4n) is 2.41. The molecule has 1 fully saturated rings. The lowest BCUT2D eigenvalue weighted by molar-refractivity contribution is 0.398. The average Bonchev–Trinajstić information content (AvgIpc) is 3.07. The standard InChI is InChI=1S/C12H18N6O/c1-8-10(7-14-19-8)11-15-12(17-16-11)18-5-3-9(13-2)4-6-18/h7,9,13H,3-6H2,1-2H3,(H,15,16,17). The molecule has 102 valence electrons. The molecule has 0 atom stereocenters. The molecule has 1 saturated heterocycles. The number of anilines is 1. The fraction of sp³-hybridized carbons (Fsp3) is 0.583. The van der Waals surface area contributed by atoms with E-state index in [9.17, 15) is 0 Å². The fourth-order valence-corrected chi connectivity index (χ4v) is 2.41. The summed E-state index contributed by atoms with van der Waals surface area (Å²) in [5.41, 5.74) is 0.865. The molecular formula is C12H18N6O. The number of aromatic amines is 1. The van der Waals surface area contributed by atoms with Crippen LogP contribution in [0.5, 0.6) is 0 Å². The van der Waals surface area contributed by atoms with Gasteiger partial charge in [-0.15, -0.1) is 5.10 Å². The van der Waals surface area contributed by atoms with Crippen molar-refractivity contribution in [2.75, 3.05) is 25.0 Å². The van der Waals surface area contributed by atoms with Gasteiger partial charge < -0.3 is 14.7 Å². The summed E-state index contributed by atoms with van der Waals surface area (Å²) in [4.78, 5) is 6.73. The molecule has 0 spiro atoms. The number of aryl methyl sites for hydroxylation is 1. The summed E-state index contributed by atoms with van der Waals surface area (Å²) < 4.78 is 5.04. The number of piperidine rings is 1. The van der Waals surface area contributed by atoms with Crippen molar-refractivity contribution in [2.45, 2.75) is 25.8 Å². The van der Waals surface area contributed by atoms with Crippen LogP contribution in [0.25, 0.3) is 11.4 Å². The van der Waals surface area contributed by atoms with E-state index < -0.39 is 0 Å². The summed E-state index contributed by atoms with van der Waals surface area (Å²) in [7, 11) is 2.01. The molecule has 0 saturated carbocycles. The molecule has 3 heterocycles. The van der Waals surface area contributed by atoms with Gasteiger partial charge in [-0.1, -0.05) is 5.16 Å². The van der Waals surface area contributed by atoms with E-state index in [0.717, 1.165) is 43.2 Å². The second kappa shape index (κ2) is 5.00. The molecule has 2 N–H and O–H groups in total. The van der Waals surface area contributed by atoms with Gasteiger partial charge in [-0.2, -0.15) is 4.98 Å². The summed E-state index contributed by atoms with van der Waals surface area (Å²) in [6.07, 6.45) is 3.90. The van der Waals surface area contributed by atoms with Crippen LogP contribution in [0, 0.1) is 6.92 Å². The van der Waals surface area contributed by atoms with Crippen LogP contribution < -0.4 is 10.2 Å². The average molecular weight is 262 g/mol. The van der Waals surface area contributed by atoms with Crippen LogP contribution in [0.1, 0.15) is 18.6 Å². The number of hydrogen-bond acceptors (Lipinski definition) is 6. The van der Waals surface area contributed by atoms with Crippen LogP contribution >= 0.6 is 0 Å². The molecule has 3 rings (SSSR count). The zero-order chi connectivity index (χ0) is 13.2. The summed E-state index contributed by atoms with van der Waals surface area (Å²) in [5.74, 6) is 2.21. The van der Waals surface area contributed by atoms with Gasteiger partial charge in [0.1, 0.15) is 5.76 Å². The Morgan fingerprint density at radius 3 is 2.84 bits per heavy atom. The Morgan fingerprint density at radius 2 is 2.21 bits per heavy atom. The van der Waals surface area contributed by atoms with E-state index in [-0.39, 0.29) is 0 Å². The van der Waals surface area contributed by atoms with Gasteiger partial charge in [0.25, 0.3) is 0 Å². The van der Waals surface area contributed by atoms with E-state index >= 15 is 0 Å². The number of aromatic nitrogens is 4. The predicted octanol–water partition coefficient (Wildman–Crippen LogP) is 0.956. The third kappa shape index (κ3) is 2.33. The van der Waals surface area contributed by atoms with Crippen LogP contribution in [-0.2, 0) is 0 Å². The number of H-pyrrole nitrogens is 1. The highest BCUT2D eigenvalue weighted by molar-refractivity contribution is 5.57. The first-order chi connectivity index (χ1) is 9.28. The van der Waals surface area contributed by atoms with Crippen molar-refractivity contribution >= 4 is 5.95 Å². The lowest BCUT2D eigenvalue weighted by Gasteiger charge is -2.30. The monoisotopic (exact) mass is 262 g/mol. The van der Waals surface area contributed by atoms with Gasteiger partial charge in [0.05, 0.1) is 11.8 Å². The van der Waals surface area contributed by atoms with Gasteiger partial charge in [-0.3, -0.25) is 5.10 Å². The SMILES string of the molecule is CNC1CCN(c2n[nH]c(-c3cnoc3C)n2)CC1. The maximum atomic E-state index is 5.04. The van der Waals surface area contributed by atoms with Crippen LogP contribution in [0.4, 0.5) is 5.95 Å². The Balaban J connectivity index is 1.74. The highest BCUT2D eigenvalue weighted by Crippen LogP contribution is 2.22. The largest absolute Gasteiger partial charge is 0.361 e. The van der Waals surface area contributed by atoms with E-state index in [0.29, 0.717) is 11.9 Å². The number of rotatable bonds is 3. The Hall–Kier alpha value is -1.89. The zero-order valence-electron chi connectivity index (χ0n) is 11.2. The van der Waals surface area contributed by atoms with E-state index in [1.165, 1.54) is 0 Å². The maximum absolute atomic E-state index is 5.04. The van der Waals surface area contributed by atoms with Crippen molar-refractivity contribution in [1.29, 1.82) is 0 Å². The van der Waals surface area contributed by atoms with Crippen LogP contribution in [0.15, 0.2) is 10.7 Å². The van der Waals surface area contributed by atoms with Gasteiger partial charge >= 0.3 is 0 Å². The van der Waals surface area contributed by atoms with Gasteiger partial charge in [0.15, 0.2) is 5.82 Å². The molecule has 0 aliphatic carbocycles. The van der Waals surface area contributed by atoms with Crippen molar-refractivity contribution in [3.05, 3.63) is 12.0 Å². The molecule has 0 bridgehead atoms. The van der Waals surface area contributed by atoms with E-state index in [4.69, 9.17) is 4.52 Å². The Bertz CT molecular complexity index is 540. The van der Waals surface area contributed by atoms with Crippen molar-refractivity contribution in [2.24, 2.45) is 0 Å². The summed E-state index contributed by atoms with van der Waals surface area (Å²) in [5, 5.41) is 14.3. The van der Waals surface area contributed by atoms with Crippen molar-refractivity contribution in [3.8, 4) is 11.4 Å². The molecule has 0 unspecified atom stereocenters. The Kier molecular flexibility index (Phi) is 3.20. The maximum Gasteiger partial charge on any atom is 0.245 e. The number of hydrogen-bond donors (Lipinski definition) is 2. The molecule has 1 aliphatic heterocycles. The molecule has 0 amide bonds. The molecule has 7 nitrogen and oxygen atoms in total. The lowest BCUT2D eigenvalue weighted by Crippen LogP contribution is -2.41. The third-order valence-electron chi connectivity index (χ3n) is 3.67. The van der Waals surface area contributed by atoms with Crippen molar-refractivity contribution < 1.29 is 4.52 Å². The summed E-state index contributed by atoms with van der Waals surface area (Å²) in [6, 6.07) is 0.606. The quantitative estimate of drug-likeness (QED) is 0.857. The lowest BCUT2D eigenvalue weighted by atomic mass is 10.1. The zero-order valence-corrected chi connectivity index (χ0v) is 11.2. The second-order valence-electron chi connectivity index (χ2n) is 4.83. The predicted molar refractivity (Wildman–Crippen MR) is 70.9 cm³/mol. The first-order valence-electron chi connectivity index (χ1n) is 6.54. The molecule has 2 aromatic rings. The van der Waals surface area contributed by atoms with Crippen molar-refractivity contribution in [3.63, 3.8) is 0 Å². The summed E-state index contributed by atoms with van der Waals surface area (Å²) in [6.45, 7) is 3.82. The van der Waals surface area contributed by atoms with Crippen LogP contribution in [0.2, 0.25) is 0 Å². The topological polar surface area (TPSA) is 82.9 Å². The highest BCUT2D eigenvalue weighted by atomic mass is 16.5. The molecule has 7 heteroatoms. The third-order valence-corrected chi connectivity index (χ3v) is 3.67. The van der Waals surface area contributed by atoms with Crippen molar-refractivity contribution in [1.82, 2.24) is 25.7 Å². The molecular weight excluding hydrogens is 244 g/mol. The minimum atomic E-state index is 0.606. The molecule has 1 aliphatic rings. The smallest absolute Gasteiger partial charge is 0.245 e. The first-order valence-corrected chi connectivity index (χ1v) is 6.54. The molecule has 19 heavy (non-hydrogen) atoms. The molecule has 0 radical (unpaired) electrons. The van der Waals surface area contributed by atoms with E-state index in [1.54, 1.807) is 6.20 Å². The van der Waals surface area contributed by atoms with Gasteiger partial charge in [0.2, 0.25) is 5.95 Å². The second-order valence-corrected chi connectivity index (χ2v) is 4.83. The molecule has 0 aromatic carbocycles. The van der Waals surface area contributed by atoms with Crippen LogP contribution in [0.3, 0.4) is 0 Å². The van der Waals surface area contributed by atoms with Gasteiger partial charge in [-0.05, 0) is 26.8 Å². The van der Waals surface area contributed by atoms with Gasteiger partial charge in [-0.25, -0.2) is 0 Å². The first kappa shape index (κ1) is 12.2. The Morgan fingerprint density at radius 1 is 1.42 bits per heavy atom. The number of nitrogens with zero attached hydrogens (tertiary/aromatic N) is 4. The van der Waals surface area contributed by atoms with Gasteiger partial charge in [0, 0.05) is 19.1 Å². The molecule has 2 aromatic heterocycles. The van der Waals surface area contributed by atoms with Crippen LogP contribution in [-0.4, -0.2) is 46.5 Å². The minimum Gasteiger partial charge on any atom is -0.361 e. The summed E-state index contributed by atoms with van der Waals surface area (Å²) >= 11 is 0. The van der Waals surface area contributed by atoms with E-state index in [2.05, 4.69) is 30.6 Å².